The normalized spacial score (nSPS) is 28.6. The Balaban J connectivity index is 1.66. The number of hydrogen-bond acceptors (Lipinski definition) is 2. The van der Waals surface area contributed by atoms with Crippen molar-refractivity contribution in [1.29, 1.82) is 0 Å². The smallest absolute Gasteiger partial charge is 0.0410 e. The number of aryl methyl sites for hydroxylation is 1. The molecule has 1 saturated heterocycles. The number of halogens is 1. The summed E-state index contributed by atoms with van der Waals surface area (Å²) in [6.45, 7) is 5.66. The molecule has 0 spiro atoms. The topological polar surface area (TPSA) is 15.3 Å². The van der Waals surface area contributed by atoms with E-state index in [4.69, 9.17) is 11.6 Å². The van der Waals surface area contributed by atoms with Gasteiger partial charge in [0.15, 0.2) is 0 Å². The maximum absolute atomic E-state index is 5.99. The number of likely N-dealkylation sites (tertiary alicyclic amines) is 1. The monoisotopic (exact) mass is 264 g/mol. The lowest BCUT2D eigenvalue weighted by Gasteiger charge is -2.20. The van der Waals surface area contributed by atoms with E-state index in [2.05, 4.69) is 30.1 Å². The number of nitrogens with one attached hydrogen (secondary N) is 1. The van der Waals surface area contributed by atoms with Gasteiger partial charge in [-0.05, 0) is 56.9 Å². The van der Waals surface area contributed by atoms with Crippen LogP contribution in [0.15, 0.2) is 18.2 Å². The SMILES string of the molecule is Cc1cc(Cl)ccc1NC1CC(C)N(C2CC2)C1. The van der Waals surface area contributed by atoms with E-state index in [-0.39, 0.29) is 0 Å². The summed E-state index contributed by atoms with van der Waals surface area (Å²) in [5.74, 6) is 0. The molecule has 1 aliphatic carbocycles. The fraction of sp³-hybridized carbons (Fsp3) is 0.600. The van der Waals surface area contributed by atoms with Gasteiger partial charge in [-0.25, -0.2) is 0 Å². The summed E-state index contributed by atoms with van der Waals surface area (Å²) in [6, 6.07) is 8.28. The van der Waals surface area contributed by atoms with Crippen LogP contribution in [-0.4, -0.2) is 29.6 Å². The predicted octanol–water partition coefficient (Wildman–Crippen LogP) is 3.69. The van der Waals surface area contributed by atoms with Crippen LogP contribution in [0.3, 0.4) is 0 Å². The van der Waals surface area contributed by atoms with E-state index < -0.39 is 0 Å². The first-order valence-corrected chi connectivity index (χ1v) is 7.29. The molecule has 98 valence electrons. The minimum atomic E-state index is 0.584. The predicted molar refractivity (Wildman–Crippen MR) is 77.4 cm³/mol. The molecular formula is C15H21ClN2. The summed E-state index contributed by atoms with van der Waals surface area (Å²) in [4.78, 5) is 2.67. The Bertz CT molecular complexity index is 442. The van der Waals surface area contributed by atoms with Crippen molar-refractivity contribution >= 4 is 17.3 Å². The summed E-state index contributed by atoms with van der Waals surface area (Å²) in [6.07, 6.45) is 4.05. The number of hydrogen-bond donors (Lipinski definition) is 1. The summed E-state index contributed by atoms with van der Waals surface area (Å²) < 4.78 is 0. The van der Waals surface area contributed by atoms with E-state index in [1.54, 1.807) is 0 Å². The number of benzene rings is 1. The fourth-order valence-electron chi connectivity index (χ4n) is 3.08. The van der Waals surface area contributed by atoms with E-state index >= 15 is 0 Å². The zero-order chi connectivity index (χ0) is 12.7. The van der Waals surface area contributed by atoms with Crippen molar-refractivity contribution in [3.63, 3.8) is 0 Å². The second-order valence-corrected chi connectivity index (χ2v) is 6.25. The minimum absolute atomic E-state index is 0.584. The van der Waals surface area contributed by atoms with E-state index in [0.29, 0.717) is 6.04 Å². The molecule has 0 aromatic heterocycles. The van der Waals surface area contributed by atoms with Crippen LogP contribution in [0.4, 0.5) is 5.69 Å². The molecule has 2 atom stereocenters. The number of nitrogens with zero attached hydrogens (tertiary/aromatic N) is 1. The quantitative estimate of drug-likeness (QED) is 0.896. The maximum Gasteiger partial charge on any atom is 0.0410 e. The molecule has 0 bridgehead atoms. The van der Waals surface area contributed by atoms with Gasteiger partial charge < -0.3 is 5.32 Å². The summed E-state index contributed by atoms with van der Waals surface area (Å²) in [7, 11) is 0. The van der Waals surface area contributed by atoms with Gasteiger partial charge >= 0.3 is 0 Å². The van der Waals surface area contributed by atoms with E-state index in [1.165, 1.54) is 37.1 Å². The lowest BCUT2D eigenvalue weighted by Crippen LogP contribution is -2.31. The van der Waals surface area contributed by atoms with Crippen molar-refractivity contribution in [1.82, 2.24) is 4.90 Å². The Morgan fingerprint density at radius 3 is 2.78 bits per heavy atom. The van der Waals surface area contributed by atoms with Gasteiger partial charge in [-0.1, -0.05) is 11.6 Å². The molecule has 1 aliphatic heterocycles. The van der Waals surface area contributed by atoms with Gasteiger partial charge in [0, 0.05) is 35.4 Å². The van der Waals surface area contributed by atoms with Crippen LogP contribution in [0.2, 0.25) is 5.02 Å². The Hall–Kier alpha value is -0.730. The van der Waals surface area contributed by atoms with E-state index in [1.807, 2.05) is 12.1 Å². The highest BCUT2D eigenvalue weighted by Crippen LogP contribution is 2.34. The summed E-state index contributed by atoms with van der Waals surface area (Å²) >= 11 is 5.99. The standard InChI is InChI=1S/C15H21ClN2/c1-10-7-12(16)3-6-15(10)17-13-8-11(2)18(9-13)14-4-5-14/h3,6-7,11,13-14,17H,4-5,8-9H2,1-2H3. The Morgan fingerprint density at radius 2 is 2.11 bits per heavy atom. The molecule has 1 heterocycles. The molecular weight excluding hydrogens is 244 g/mol. The Morgan fingerprint density at radius 1 is 1.33 bits per heavy atom. The second-order valence-electron chi connectivity index (χ2n) is 5.81. The third-order valence-electron chi connectivity index (χ3n) is 4.19. The molecule has 0 radical (unpaired) electrons. The zero-order valence-corrected chi connectivity index (χ0v) is 11.9. The second kappa shape index (κ2) is 4.75. The summed E-state index contributed by atoms with van der Waals surface area (Å²) in [5, 5.41) is 4.50. The highest BCUT2D eigenvalue weighted by Gasteiger charge is 2.38. The fourth-order valence-corrected chi connectivity index (χ4v) is 3.31. The molecule has 2 aliphatic rings. The van der Waals surface area contributed by atoms with Crippen molar-refractivity contribution in [2.24, 2.45) is 0 Å². The summed E-state index contributed by atoms with van der Waals surface area (Å²) in [5.41, 5.74) is 2.47. The molecule has 3 rings (SSSR count). The Kier molecular flexibility index (Phi) is 3.25. The van der Waals surface area contributed by atoms with Crippen LogP contribution >= 0.6 is 11.6 Å². The van der Waals surface area contributed by atoms with Gasteiger partial charge in [0.2, 0.25) is 0 Å². The van der Waals surface area contributed by atoms with Gasteiger partial charge in [-0.15, -0.1) is 0 Å². The first-order chi connectivity index (χ1) is 8.63. The van der Waals surface area contributed by atoms with E-state index in [9.17, 15) is 0 Å². The van der Waals surface area contributed by atoms with Gasteiger partial charge in [0.05, 0.1) is 0 Å². The van der Waals surface area contributed by atoms with Gasteiger partial charge in [0.25, 0.3) is 0 Å². The van der Waals surface area contributed by atoms with Crippen LogP contribution in [0.5, 0.6) is 0 Å². The Labute approximate surface area is 114 Å². The van der Waals surface area contributed by atoms with Crippen molar-refractivity contribution in [3.05, 3.63) is 28.8 Å². The first kappa shape index (κ1) is 12.3. The number of anilines is 1. The van der Waals surface area contributed by atoms with Crippen LogP contribution in [-0.2, 0) is 0 Å². The molecule has 1 N–H and O–H groups in total. The van der Waals surface area contributed by atoms with E-state index in [0.717, 1.165) is 17.1 Å². The highest BCUT2D eigenvalue weighted by molar-refractivity contribution is 6.30. The van der Waals surface area contributed by atoms with Crippen molar-refractivity contribution in [2.75, 3.05) is 11.9 Å². The molecule has 3 heteroatoms. The molecule has 2 fully saturated rings. The molecule has 2 nitrogen and oxygen atoms in total. The highest BCUT2D eigenvalue weighted by atomic mass is 35.5. The molecule has 1 aromatic rings. The zero-order valence-electron chi connectivity index (χ0n) is 11.1. The third kappa shape index (κ3) is 2.50. The molecule has 1 aromatic carbocycles. The average Bonchev–Trinajstić information content (AvgIpc) is 3.08. The van der Waals surface area contributed by atoms with Crippen LogP contribution in [0, 0.1) is 6.92 Å². The largest absolute Gasteiger partial charge is 0.381 e. The minimum Gasteiger partial charge on any atom is -0.381 e. The maximum atomic E-state index is 5.99. The lowest BCUT2D eigenvalue weighted by atomic mass is 10.1. The number of rotatable bonds is 3. The van der Waals surface area contributed by atoms with Crippen LogP contribution in [0.1, 0.15) is 31.7 Å². The van der Waals surface area contributed by atoms with Gasteiger partial charge in [0.1, 0.15) is 0 Å². The van der Waals surface area contributed by atoms with Crippen LogP contribution in [0.25, 0.3) is 0 Å². The molecule has 18 heavy (non-hydrogen) atoms. The third-order valence-corrected chi connectivity index (χ3v) is 4.42. The van der Waals surface area contributed by atoms with Crippen molar-refractivity contribution in [3.8, 4) is 0 Å². The lowest BCUT2D eigenvalue weighted by molar-refractivity contribution is 0.257. The van der Waals surface area contributed by atoms with Crippen molar-refractivity contribution in [2.45, 2.75) is 51.2 Å². The first-order valence-electron chi connectivity index (χ1n) is 6.92. The van der Waals surface area contributed by atoms with Gasteiger partial charge in [-0.3, -0.25) is 4.90 Å². The molecule has 1 saturated carbocycles. The van der Waals surface area contributed by atoms with Crippen molar-refractivity contribution < 1.29 is 0 Å². The molecule has 2 unspecified atom stereocenters. The molecule has 0 amide bonds. The van der Waals surface area contributed by atoms with Crippen LogP contribution < -0.4 is 5.32 Å². The van der Waals surface area contributed by atoms with Gasteiger partial charge in [-0.2, -0.15) is 0 Å². The average molecular weight is 265 g/mol.